The normalized spacial score (nSPS) is 14.7. The Morgan fingerprint density at radius 3 is 2.67 bits per heavy atom. The molecule has 1 saturated heterocycles. The zero-order chi connectivity index (χ0) is 17.1. The molecule has 1 fully saturated rings. The Balaban J connectivity index is 1.68. The summed E-state index contributed by atoms with van der Waals surface area (Å²) in [5.41, 5.74) is 3.72. The number of anilines is 2. The molecule has 3 rings (SSSR count). The van der Waals surface area contributed by atoms with Gasteiger partial charge in [-0.3, -0.25) is 14.2 Å². The summed E-state index contributed by atoms with van der Waals surface area (Å²) in [5.74, 6) is -0.194. The van der Waals surface area contributed by atoms with Gasteiger partial charge in [0.25, 0.3) is 0 Å². The van der Waals surface area contributed by atoms with Crippen molar-refractivity contribution in [2.24, 2.45) is 0 Å². The predicted octanol–water partition coefficient (Wildman–Crippen LogP) is 2.00. The Morgan fingerprint density at radius 1 is 1.29 bits per heavy atom. The summed E-state index contributed by atoms with van der Waals surface area (Å²) in [5, 5.41) is 4.66. The minimum Gasteiger partial charge on any atom is -0.378 e. The molecule has 24 heavy (non-hydrogen) atoms. The number of thiazole rings is 1. The molecule has 0 radical (unpaired) electrons. The number of nitrogens with zero attached hydrogens (tertiary/aromatic N) is 2. The molecule has 128 valence electrons. The Bertz CT molecular complexity index is 791. The largest absolute Gasteiger partial charge is 0.378 e. The Labute approximate surface area is 144 Å². The lowest BCUT2D eigenvalue weighted by atomic mass is 10.1. The van der Waals surface area contributed by atoms with Crippen LogP contribution in [0.5, 0.6) is 0 Å². The molecule has 2 aromatic rings. The molecule has 0 unspecified atom stereocenters. The fourth-order valence-corrected chi connectivity index (χ4v) is 3.47. The van der Waals surface area contributed by atoms with Crippen molar-refractivity contribution in [1.82, 2.24) is 4.57 Å². The van der Waals surface area contributed by atoms with Crippen LogP contribution in [0.1, 0.15) is 11.3 Å². The molecule has 2 heterocycles. The molecule has 0 spiro atoms. The van der Waals surface area contributed by atoms with E-state index in [0.29, 0.717) is 0 Å². The highest BCUT2D eigenvalue weighted by Crippen LogP contribution is 2.23. The number of aromatic nitrogens is 1. The quantitative estimate of drug-likeness (QED) is 0.919. The number of amides is 1. The number of hydrogen-bond acceptors (Lipinski definition) is 5. The molecular formula is C17H21N3O3S. The molecule has 7 heteroatoms. The topological polar surface area (TPSA) is 63.6 Å². The minimum atomic E-state index is -0.194. The second-order valence-electron chi connectivity index (χ2n) is 5.88. The van der Waals surface area contributed by atoms with Crippen LogP contribution in [0.4, 0.5) is 11.4 Å². The molecule has 1 aromatic carbocycles. The second kappa shape index (κ2) is 7.19. The molecule has 0 aliphatic carbocycles. The SMILES string of the molecule is Cc1cc(N2CCOCC2)ccc1NC(=O)Cn1c(C)csc1=O. The number of morpholine rings is 1. The van der Waals surface area contributed by atoms with E-state index in [1.165, 1.54) is 4.57 Å². The molecule has 0 bridgehead atoms. The number of aryl methyl sites for hydroxylation is 2. The molecule has 1 N–H and O–H groups in total. The van der Waals surface area contributed by atoms with Crippen molar-refractivity contribution in [3.63, 3.8) is 0 Å². The van der Waals surface area contributed by atoms with E-state index in [2.05, 4.69) is 16.3 Å². The highest BCUT2D eigenvalue weighted by atomic mass is 32.1. The van der Waals surface area contributed by atoms with Gasteiger partial charge in [0.15, 0.2) is 0 Å². The van der Waals surface area contributed by atoms with E-state index in [9.17, 15) is 9.59 Å². The molecule has 1 amide bonds. The average molecular weight is 347 g/mol. The van der Waals surface area contributed by atoms with E-state index in [1.54, 1.807) is 5.38 Å². The minimum absolute atomic E-state index is 0.0405. The van der Waals surface area contributed by atoms with Crippen molar-refractivity contribution in [3.8, 4) is 0 Å². The summed E-state index contributed by atoms with van der Waals surface area (Å²) in [7, 11) is 0. The maximum Gasteiger partial charge on any atom is 0.307 e. The van der Waals surface area contributed by atoms with Crippen molar-refractivity contribution in [3.05, 3.63) is 44.5 Å². The lowest BCUT2D eigenvalue weighted by molar-refractivity contribution is -0.116. The Morgan fingerprint density at radius 2 is 2.04 bits per heavy atom. The van der Waals surface area contributed by atoms with Crippen molar-refractivity contribution in [2.45, 2.75) is 20.4 Å². The summed E-state index contributed by atoms with van der Waals surface area (Å²) in [6, 6.07) is 6.00. The van der Waals surface area contributed by atoms with Gasteiger partial charge in [-0.05, 0) is 37.6 Å². The van der Waals surface area contributed by atoms with Crippen molar-refractivity contribution >= 4 is 28.6 Å². The molecule has 1 aliphatic rings. The summed E-state index contributed by atoms with van der Waals surface area (Å²) in [6.45, 7) is 7.09. The monoisotopic (exact) mass is 347 g/mol. The van der Waals surface area contributed by atoms with Gasteiger partial charge in [0.05, 0.1) is 13.2 Å². The van der Waals surface area contributed by atoms with Crippen LogP contribution in [-0.2, 0) is 16.1 Å². The standard InChI is InChI=1S/C17H21N3O3S/c1-12-9-14(19-5-7-23-8-6-19)3-4-15(12)18-16(21)10-20-13(2)11-24-17(20)22/h3-4,9,11H,5-8,10H2,1-2H3,(H,18,21). The van der Waals surface area contributed by atoms with Gasteiger partial charge in [0.1, 0.15) is 6.54 Å². The molecule has 0 saturated carbocycles. The molecule has 1 aliphatic heterocycles. The van der Waals surface area contributed by atoms with Gasteiger partial charge in [-0.1, -0.05) is 11.3 Å². The highest BCUT2D eigenvalue weighted by Gasteiger charge is 2.13. The first-order valence-electron chi connectivity index (χ1n) is 7.93. The number of hydrogen-bond donors (Lipinski definition) is 1. The van der Waals surface area contributed by atoms with Gasteiger partial charge < -0.3 is 15.0 Å². The Hall–Kier alpha value is -2.12. The van der Waals surface area contributed by atoms with Crippen LogP contribution in [0.25, 0.3) is 0 Å². The smallest absolute Gasteiger partial charge is 0.307 e. The second-order valence-corrected chi connectivity index (χ2v) is 6.70. The number of carbonyl (C=O) groups is 1. The van der Waals surface area contributed by atoms with Gasteiger partial charge in [0.2, 0.25) is 5.91 Å². The van der Waals surface area contributed by atoms with E-state index < -0.39 is 0 Å². The molecule has 6 nitrogen and oxygen atoms in total. The van der Waals surface area contributed by atoms with Crippen LogP contribution in [-0.4, -0.2) is 36.8 Å². The third-order valence-electron chi connectivity index (χ3n) is 4.14. The summed E-state index contributed by atoms with van der Waals surface area (Å²) in [4.78, 5) is 26.1. The third kappa shape index (κ3) is 3.68. The number of nitrogens with one attached hydrogen (secondary N) is 1. The van der Waals surface area contributed by atoms with Gasteiger partial charge >= 0.3 is 4.87 Å². The van der Waals surface area contributed by atoms with Crippen LogP contribution < -0.4 is 15.1 Å². The number of carbonyl (C=O) groups excluding carboxylic acids is 1. The van der Waals surface area contributed by atoms with Crippen molar-refractivity contribution in [1.29, 1.82) is 0 Å². The van der Waals surface area contributed by atoms with E-state index in [-0.39, 0.29) is 17.3 Å². The summed E-state index contributed by atoms with van der Waals surface area (Å²) >= 11 is 1.11. The van der Waals surface area contributed by atoms with Crippen molar-refractivity contribution < 1.29 is 9.53 Å². The van der Waals surface area contributed by atoms with Crippen LogP contribution in [0.2, 0.25) is 0 Å². The number of rotatable bonds is 4. The van der Waals surface area contributed by atoms with Gasteiger partial charge in [0, 0.05) is 35.5 Å². The zero-order valence-electron chi connectivity index (χ0n) is 13.9. The van der Waals surface area contributed by atoms with Gasteiger partial charge in [-0.2, -0.15) is 0 Å². The highest BCUT2D eigenvalue weighted by molar-refractivity contribution is 7.07. The van der Waals surface area contributed by atoms with Crippen LogP contribution >= 0.6 is 11.3 Å². The molecule has 1 aromatic heterocycles. The first kappa shape index (κ1) is 16.7. The molecular weight excluding hydrogens is 326 g/mol. The lowest BCUT2D eigenvalue weighted by Gasteiger charge is -2.29. The number of benzene rings is 1. The number of ether oxygens (including phenoxy) is 1. The fourth-order valence-electron chi connectivity index (χ4n) is 2.74. The third-order valence-corrected chi connectivity index (χ3v) is 5.02. The van der Waals surface area contributed by atoms with E-state index >= 15 is 0 Å². The summed E-state index contributed by atoms with van der Waals surface area (Å²) in [6.07, 6.45) is 0. The zero-order valence-corrected chi connectivity index (χ0v) is 14.7. The van der Waals surface area contributed by atoms with Crippen molar-refractivity contribution in [2.75, 3.05) is 36.5 Å². The summed E-state index contributed by atoms with van der Waals surface area (Å²) < 4.78 is 6.85. The van der Waals surface area contributed by atoms with E-state index in [4.69, 9.17) is 4.74 Å². The van der Waals surface area contributed by atoms with Crippen LogP contribution in [0, 0.1) is 13.8 Å². The maximum atomic E-state index is 12.2. The van der Waals surface area contributed by atoms with E-state index in [0.717, 1.165) is 60.3 Å². The maximum absolute atomic E-state index is 12.2. The van der Waals surface area contributed by atoms with Gasteiger partial charge in [-0.15, -0.1) is 0 Å². The molecule has 0 atom stereocenters. The lowest BCUT2D eigenvalue weighted by Crippen LogP contribution is -2.36. The first-order chi connectivity index (χ1) is 11.5. The first-order valence-corrected chi connectivity index (χ1v) is 8.80. The van der Waals surface area contributed by atoms with E-state index in [1.807, 2.05) is 26.0 Å². The van der Waals surface area contributed by atoms with Gasteiger partial charge in [-0.25, -0.2) is 0 Å². The van der Waals surface area contributed by atoms with Crippen LogP contribution in [0.3, 0.4) is 0 Å². The van der Waals surface area contributed by atoms with Crippen LogP contribution in [0.15, 0.2) is 28.4 Å². The average Bonchev–Trinajstić information content (AvgIpc) is 2.89. The fraction of sp³-hybridized carbons (Fsp3) is 0.412. The predicted molar refractivity (Wildman–Crippen MR) is 96.2 cm³/mol. The Kier molecular flexibility index (Phi) is 5.01.